The number of hydrogen-bond donors (Lipinski definition) is 1. The first-order valence-electron chi connectivity index (χ1n) is 6.92. The molecule has 8 heteroatoms. The van der Waals surface area contributed by atoms with E-state index in [-0.39, 0.29) is 34.7 Å². The predicted molar refractivity (Wildman–Crippen MR) is 80.6 cm³/mol. The molecule has 2 aromatic rings. The molecule has 1 N–H and O–H groups in total. The number of carboxylic acid groups (broad SMARTS) is 1. The van der Waals surface area contributed by atoms with Gasteiger partial charge in [-0.15, -0.1) is 0 Å². The summed E-state index contributed by atoms with van der Waals surface area (Å²) in [7, 11) is 0. The maximum Gasteiger partial charge on any atom is 0.373 e. The van der Waals surface area contributed by atoms with Gasteiger partial charge in [0, 0.05) is 11.6 Å². The molecule has 0 aliphatic heterocycles. The number of oxazole rings is 1. The number of carboxylic acids is 1. The zero-order chi connectivity index (χ0) is 17.1. The molecule has 0 saturated heterocycles. The molecular formula is C15H16N2O6. The van der Waals surface area contributed by atoms with Gasteiger partial charge >= 0.3 is 11.7 Å². The van der Waals surface area contributed by atoms with Crippen molar-refractivity contribution in [3.05, 3.63) is 39.8 Å². The van der Waals surface area contributed by atoms with Crippen molar-refractivity contribution in [1.29, 1.82) is 0 Å². The Labute approximate surface area is 131 Å². The van der Waals surface area contributed by atoms with Crippen molar-refractivity contribution >= 4 is 11.7 Å². The number of nitrogens with zero attached hydrogens (tertiary/aromatic N) is 2. The monoisotopic (exact) mass is 320 g/mol. The summed E-state index contributed by atoms with van der Waals surface area (Å²) in [6.07, 6.45) is 0. The lowest BCUT2D eigenvalue weighted by molar-refractivity contribution is -0.385. The first-order chi connectivity index (χ1) is 10.8. The highest BCUT2D eigenvalue weighted by Gasteiger charge is 2.21. The Balaban J connectivity index is 2.41. The molecule has 8 nitrogen and oxygen atoms in total. The van der Waals surface area contributed by atoms with Crippen LogP contribution in [0.15, 0.2) is 22.6 Å². The molecule has 2 rings (SSSR count). The fourth-order valence-electron chi connectivity index (χ4n) is 1.89. The molecule has 0 saturated carbocycles. The molecule has 122 valence electrons. The van der Waals surface area contributed by atoms with Crippen molar-refractivity contribution in [2.24, 2.45) is 5.92 Å². The van der Waals surface area contributed by atoms with E-state index in [0.29, 0.717) is 12.2 Å². The van der Waals surface area contributed by atoms with E-state index in [2.05, 4.69) is 4.98 Å². The lowest BCUT2D eigenvalue weighted by atomic mass is 10.2. The van der Waals surface area contributed by atoms with Gasteiger partial charge < -0.3 is 14.3 Å². The molecule has 0 atom stereocenters. The normalized spacial score (nSPS) is 10.8. The average Bonchev–Trinajstić information content (AvgIpc) is 2.87. The van der Waals surface area contributed by atoms with Crippen LogP contribution in [0.4, 0.5) is 5.69 Å². The zero-order valence-electron chi connectivity index (χ0n) is 12.9. The number of nitro benzene ring substituents is 1. The lowest BCUT2D eigenvalue weighted by Gasteiger charge is -2.09. The Hall–Kier alpha value is -2.90. The molecule has 1 aromatic heterocycles. The first kappa shape index (κ1) is 16.5. The fourth-order valence-corrected chi connectivity index (χ4v) is 1.89. The molecule has 0 bridgehead atoms. The van der Waals surface area contributed by atoms with Crippen molar-refractivity contribution in [1.82, 2.24) is 4.98 Å². The third kappa shape index (κ3) is 3.65. The fraction of sp³-hybridized carbons (Fsp3) is 0.333. The summed E-state index contributed by atoms with van der Waals surface area (Å²) in [5.41, 5.74) is 0.287. The number of ether oxygens (including phenoxy) is 1. The quantitative estimate of drug-likeness (QED) is 0.641. The summed E-state index contributed by atoms with van der Waals surface area (Å²) in [4.78, 5) is 25.6. The second kappa shape index (κ2) is 6.47. The van der Waals surface area contributed by atoms with E-state index in [0.717, 1.165) is 0 Å². The molecule has 0 aliphatic rings. The zero-order valence-corrected chi connectivity index (χ0v) is 12.9. The summed E-state index contributed by atoms with van der Waals surface area (Å²) in [6.45, 7) is 5.71. The van der Waals surface area contributed by atoms with Crippen LogP contribution < -0.4 is 4.74 Å². The minimum Gasteiger partial charge on any atom is -0.487 e. The summed E-state index contributed by atoms with van der Waals surface area (Å²) in [5, 5.41) is 20.2. The number of aryl methyl sites for hydroxylation is 1. The highest BCUT2D eigenvalue weighted by Crippen LogP contribution is 2.33. The molecular weight excluding hydrogens is 304 g/mol. The van der Waals surface area contributed by atoms with Crippen LogP contribution in [0.5, 0.6) is 5.75 Å². The van der Waals surface area contributed by atoms with E-state index < -0.39 is 10.9 Å². The molecule has 0 spiro atoms. The van der Waals surface area contributed by atoms with Gasteiger partial charge in [-0.1, -0.05) is 13.8 Å². The van der Waals surface area contributed by atoms with E-state index >= 15 is 0 Å². The average molecular weight is 320 g/mol. The number of aromatic nitrogens is 1. The van der Waals surface area contributed by atoms with Gasteiger partial charge in [0.05, 0.1) is 17.2 Å². The van der Waals surface area contributed by atoms with Crippen molar-refractivity contribution < 1.29 is 24.0 Å². The van der Waals surface area contributed by atoms with Gasteiger partial charge in [0.2, 0.25) is 11.7 Å². The Kier molecular flexibility index (Phi) is 4.63. The largest absolute Gasteiger partial charge is 0.487 e. The molecule has 0 aliphatic carbocycles. The van der Waals surface area contributed by atoms with Crippen LogP contribution >= 0.6 is 0 Å². The first-order valence-corrected chi connectivity index (χ1v) is 6.92. The maximum absolute atomic E-state index is 11.2. The van der Waals surface area contributed by atoms with Gasteiger partial charge in [-0.25, -0.2) is 9.78 Å². The Morgan fingerprint density at radius 3 is 2.70 bits per heavy atom. The van der Waals surface area contributed by atoms with Gasteiger partial charge in [0.1, 0.15) is 0 Å². The minimum atomic E-state index is -1.24. The third-order valence-electron chi connectivity index (χ3n) is 2.97. The number of benzene rings is 1. The number of carbonyl (C=O) groups is 1. The molecule has 0 unspecified atom stereocenters. The molecule has 23 heavy (non-hydrogen) atoms. The lowest BCUT2D eigenvalue weighted by Crippen LogP contribution is -2.06. The highest BCUT2D eigenvalue weighted by atomic mass is 16.6. The number of rotatable bonds is 6. The van der Waals surface area contributed by atoms with Crippen molar-refractivity contribution in [3.8, 4) is 17.2 Å². The van der Waals surface area contributed by atoms with Crippen LogP contribution in [0.3, 0.4) is 0 Å². The highest BCUT2D eigenvalue weighted by molar-refractivity contribution is 5.86. The van der Waals surface area contributed by atoms with Crippen LogP contribution in [0.2, 0.25) is 0 Å². The molecule has 0 fully saturated rings. The van der Waals surface area contributed by atoms with Crippen molar-refractivity contribution in [3.63, 3.8) is 0 Å². The second-order valence-electron chi connectivity index (χ2n) is 5.38. The van der Waals surface area contributed by atoms with Crippen molar-refractivity contribution in [2.45, 2.75) is 20.8 Å². The maximum atomic E-state index is 11.2. The number of aromatic carboxylic acids is 1. The van der Waals surface area contributed by atoms with E-state index in [4.69, 9.17) is 14.3 Å². The summed E-state index contributed by atoms with van der Waals surface area (Å²) >= 11 is 0. The van der Waals surface area contributed by atoms with Gasteiger partial charge in [-0.2, -0.15) is 0 Å². The summed E-state index contributed by atoms with van der Waals surface area (Å²) in [5.74, 6) is -1.15. The Bertz CT molecular complexity index is 750. The predicted octanol–water partition coefficient (Wildman–Crippen LogP) is 3.29. The Morgan fingerprint density at radius 1 is 1.48 bits per heavy atom. The molecule has 0 radical (unpaired) electrons. The topological polar surface area (TPSA) is 116 Å². The van der Waals surface area contributed by atoms with E-state index in [1.165, 1.54) is 19.1 Å². The van der Waals surface area contributed by atoms with Crippen molar-refractivity contribution in [2.75, 3.05) is 6.61 Å². The van der Waals surface area contributed by atoms with E-state index in [9.17, 15) is 14.9 Å². The second-order valence-corrected chi connectivity index (χ2v) is 5.38. The standard InChI is InChI=1S/C15H16N2O6/c1-8(2)7-22-12-5-4-10(6-11(12)17(20)21)14-16-9(3)13(23-14)15(18)19/h4-6,8H,7H2,1-3H3,(H,18,19). The van der Waals surface area contributed by atoms with E-state index in [1.807, 2.05) is 13.8 Å². The van der Waals surface area contributed by atoms with Gasteiger partial charge in [0.25, 0.3) is 0 Å². The van der Waals surface area contributed by atoms with Crippen LogP contribution in [0.25, 0.3) is 11.5 Å². The smallest absolute Gasteiger partial charge is 0.373 e. The molecule has 1 aromatic carbocycles. The van der Waals surface area contributed by atoms with E-state index in [1.54, 1.807) is 6.07 Å². The molecule has 0 amide bonds. The van der Waals surface area contributed by atoms with Gasteiger partial charge in [-0.3, -0.25) is 10.1 Å². The summed E-state index contributed by atoms with van der Waals surface area (Å²) in [6, 6.07) is 4.25. The minimum absolute atomic E-state index is 0.0124. The third-order valence-corrected chi connectivity index (χ3v) is 2.97. The van der Waals surface area contributed by atoms with Gasteiger partial charge in [-0.05, 0) is 25.0 Å². The van der Waals surface area contributed by atoms with Crippen LogP contribution in [0, 0.1) is 23.0 Å². The van der Waals surface area contributed by atoms with Crippen LogP contribution in [0.1, 0.15) is 30.1 Å². The van der Waals surface area contributed by atoms with Crippen LogP contribution in [-0.2, 0) is 0 Å². The Morgan fingerprint density at radius 2 is 2.17 bits per heavy atom. The summed E-state index contributed by atoms with van der Waals surface area (Å²) < 4.78 is 10.6. The number of nitro groups is 1. The molecule has 1 heterocycles. The van der Waals surface area contributed by atoms with Gasteiger partial charge in [0.15, 0.2) is 5.75 Å². The SMILES string of the molecule is Cc1nc(-c2ccc(OCC(C)C)c([N+](=O)[O-])c2)oc1C(=O)O. The number of hydrogen-bond acceptors (Lipinski definition) is 6. The van der Waals surface area contributed by atoms with Crippen LogP contribution in [-0.4, -0.2) is 27.6 Å².